The summed E-state index contributed by atoms with van der Waals surface area (Å²) in [6, 6.07) is 6.09. The Morgan fingerprint density at radius 2 is 2.10 bits per heavy atom. The van der Waals surface area contributed by atoms with Crippen LogP contribution in [0.15, 0.2) is 18.2 Å². The van der Waals surface area contributed by atoms with E-state index in [9.17, 15) is 0 Å². The standard InChI is InChI=1S/C16H24N2OS/c1-5-19-12-6-7-13-14(8-12)20-15(18-13)11(10-17)9-16(2,3)4/h6-8,11H,5,9-10,17H2,1-4H3. The van der Waals surface area contributed by atoms with Crippen molar-refractivity contribution in [3.05, 3.63) is 23.2 Å². The maximum absolute atomic E-state index is 5.95. The van der Waals surface area contributed by atoms with E-state index in [1.807, 2.05) is 19.1 Å². The van der Waals surface area contributed by atoms with E-state index in [0.29, 0.717) is 19.1 Å². The van der Waals surface area contributed by atoms with Crippen LogP contribution in [0.25, 0.3) is 10.2 Å². The molecule has 1 atom stereocenters. The smallest absolute Gasteiger partial charge is 0.120 e. The van der Waals surface area contributed by atoms with Gasteiger partial charge in [0, 0.05) is 12.5 Å². The van der Waals surface area contributed by atoms with E-state index in [0.717, 1.165) is 22.7 Å². The number of rotatable bonds is 5. The summed E-state index contributed by atoms with van der Waals surface area (Å²) in [5.41, 5.74) is 7.26. The van der Waals surface area contributed by atoms with E-state index in [4.69, 9.17) is 15.5 Å². The Morgan fingerprint density at radius 1 is 1.35 bits per heavy atom. The number of fused-ring (bicyclic) bond motifs is 1. The molecule has 0 radical (unpaired) electrons. The monoisotopic (exact) mass is 292 g/mol. The molecule has 0 spiro atoms. The Balaban J connectivity index is 2.29. The predicted molar refractivity (Wildman–Crippen MR) is 86.7 cm³/mol. The van der Waals surface area contributed by atoms with Crippen molar-refractivity contribution >= 4 is 21.6 Å². The lowest BCUT2D eigenvalue weighted by Gasteiger charge is -2.23. The number of hydrogen-bond donors (Lipinski definition) is 1. The molecule has 3 nitrogen and oxygen atoms in total. The molecule has 1 unspecified atom stereocenters. The van der Waals surface area contributed by atoms with Gasteiger partial charge in [0.25, 0.3) is 0 Å². The maximum atomic E-state index is 5.95. The summed E-state index contributed by atoms with van der Waals surface area (Å²) in [5, 5.41) is 1.14. The summed E-state index contributed by atoms with van der Waals surface area (Å²) in [7, 11) is 0. The Morgan fingerprint density at radius 3 is 2.70 bits per heavy atom. The minimum absolute atomic E-state index is 0.262. The second kappa shape index (κ2) is 6.10. The van der Waals surface area contributed by atoms with Crippen LogP contribution in [0, 0.1) is 5.41 Å². The van der Waals surface area contributed by atoms with Crippen molar-refractivity contribution < 1.29 is 4.74 Å². The van der Waals surface area contributed by atoms with Crippen LogP contribution < -0.4 is 10.5 Å². The molecule has 0 aliphatic rings. The molecular weight excluding hydrogens is 268 g/mol. The number of benzene rings is 1. The van der Waals surface area contributed by atoms with E-state index >= 15 is 0 Å². The van der Waals surface area contributed by atoms with Gasteiger partial charge >= 0.3 is 0 Å². The summed E-state index contributed by atoms with van der Waals surface area (Å²) in [4.78, 5) is 4.75. The fourth-order valence-electron chi connectivity index (χ4n) is 2.36. The van der Waals surface area contributed by atoms with Crippen molar-refractivity contribution in [3.63, 3.8) is 0 Å². The first-order chi connectivity index (χ1) is 9.43. The predicted octanol–water partition coefficient (Wildman–Crippen LogP) is 4.17. The van der Waals surface area contributed by atoms with E-state index in [1.165, 1.54) is 4.70 Å². The number of hydrogen-bond acceptors (Lipinski definition) is 4. The average Bonchev–Trinajstić information content (AvgIpc) is 2.78. The molecule has 4 heteroatoms. The highest BCUT2D eigenvalue weighted by atomic mass is 32.1. The summed E-state index contributed by atoms with van der Waals surface area (Å²) in [6.07, 6.45) is 1.06. The van der Waals surface area contributed by atoms with Crippen molar-refractivity contribution in [2.75, 3.05) is 13.2 Å². The molecular formula is C16H24N2OS. The summed E-state index contributed by atoms with van der Waals surface area (Å²) in [6.45, 7) is 10.1. The lowest BCUT2D eigenvalue weighted by Crippen LogP contribution is -2.19. The van der Waals surface area contributed by atoms with Crippen LogP contribution in [0.5, 0.6) is 5.75 Å². The molecule has 0 saturated carbocycles. The van der Waals surface area contributed by atoms with Gasteiger partial charge in [-0.15, -0.1) is 11.3 Å². The highest BCUT2D eigenvalue weighted by molar-refractivity contribution is 7.18. The second-order valence-electron chi connectivity index (χ2n) is 6.31. The molecule has 0 aliphatic carbocycles. The molecule has 110 valence electrons. The molecule has 2 aromatic rings. The minimum Gasteiger partial charge on any atom is -0.494 e. The van der Waals surface area contributed by atoms with Gasteiger partial charge in [0.15, 0.2) is 0 Å². The normalized spacial score (nSPS) is 13.7. The van der Waals surface area contributed by atoms with Gasteiger partial charge in [-0.1, -0.05) is 20.8 Å². The zero-order valence-electron chi connectivity index (χ0n) is 12.8. The van der Waals surface area contributed by atoms with Crippen LogP contribution >= 0.6 is 11.3 Å². The van der Waals surface area contributed by atoms with Crippen LogP contribution in [0.1, 0.15) is 45.0 Å². The SMILES string of the molecule is CCOc1ccc2nc(C(CN)CC(C)(C)C)sc2c1. The van der Waals surface area contributed by atoms with Crippen molar-refractivity contribution in [2.24, 2.45) is 11.1 Å². The molecule has 0 bridgehead atoms. The molecule has 1 aromatic carbocycles. The zero-order chi connectivity index (χ0) is 14.8. The van der Waals surface area contributed by atoms with Crippen molar-refractivity contribution in [1.29, 1.82) is 0 Å². The molecule has 1 aromatic heterocycles. The third-order valence-electron chi connectivity index (χ3n) is 3.18. The highest BCUT2D eigenvalue weighted by Gasteiger charge is 2.22. The molecule has 0 saturated heterocycles. The van der Waals surface area contributed by atoms with E-state index in [2.05, 4.69) is 26.8 Å². The van der Waals surface area contributed by atoms with Gasteiger partial charge in [-0.3, -0.25) is 0 Å². The van der Waals surface area contributed by atoms with Gasteiger partial charge in [0.2, 0.25) is 0 Å². The molecule has 0 fully saturated rings. The number of ether oxygens (including phenoxy) is 1. The summed E-state index contributed by atoms with van der Waals surface area (Å²) >= 11 is 1.74. The lowest BCUT2D eigenvalue weighted by atomic mass is 9.85. The van der Waals surface area contributed by atoms with Gasteiger partial charge in [0.05, 0.1) is 21.8 Å². The van der Waals surface area contributed by atoms with Crippen molar-refractivity contribution in [2.45, 2.75) is 40.0 Å². The Kier molecular flexibility index (Phi) is 4.66. The summed E-state index contributed by atoms with van der Waals surface area (Å²) < 4.78 is 6.72. The molecule has 2 N–H and O–H groups in total. The van der Waals surface area contributed by atoms with Gasteiger partial charge in [-0.2, -0.15) is 0 Å². The third-order valence-corrected chi connectivity index (χ3v) is 4.36. The van der Waals surface area contributed by atoms with Gasteiger partial charge in [-0.25, -0.2) is 4.98 Å². The molecule has 1 heterocycles. The van der Waals surface area contributed by atoms with E-state index < -0.39 is 0 Å². The van der Waals surface area contributed by atoms with Crippen molar-refractivity contribution in [1.82, 2.24) is 4.98 Å². The fraction of sp³-hybridized carbons (Fsp3) is 0.562. The van der Waals surface area contributed by atoms with Crippen LogP contribution in [0.3, 0.4) is 0 Å². The van der Waals surface area contributed by atoms with E-state index in [1.54, 1.807) is 11.3 Å². The fourth-order valence-corrected chi connectivity index (χ4v) is 3.47. The first kappa shape index (κ1) is 15.3. The zero-order valence-corrected chi connectivity index (χ0v) is 13.6. The lowest BCUT2D eigenvalue weighted by molar-refractivity contribution is 0.341. The molecule has 0 amide bonds. The quantitative estimate of drug-likeness (QED) is 0.899. The summed E-state index contributed by atoms with van der Waals surface area (Å²) in [5.74, 6) is 1.25. The van der Waals surface area contributed by atoms with Gasteiger partial charge in [-0.05, 0) is 37.0 Å². The number of aromatic nitrogens is 1. The number of thiazole rings is 1. The van der Waals surface area contributed by atoms with Crippen LogP contribution in [0.2, 0.25) is 0 Å². The van der Waals surface area contributed by atoms with Crippen LogP contribution in [0.4, 0.5) is 0 Å². The minimum atomic E-state index is 0.262. The van der Waals surface area contributed by atoms with Crippen molar-refractivity contribution in [3.8, 4) is 5.75 Å². The van der Waals surface area contributed by atoms with Crippen LogP contribution in [-0.4, -0.2) is 18.1 Å². The van der Waals surface area contributed by atoms with Gasteiger partial charge in [0.1, 0.15) is 5.75 Å². The Labute approximate surface area is 125 Å². The molecule has 20 heavy (non-hydrogen) atoms. The number of nitrogens with zero attached hydrogens (tertiary/aromatic N) is 1. The van der Waals surface area contributed by atoms with Gasteiger partial charge < -0.3 is 10.5 Å². The Hall–Kier alpha value is -1.13. The van der Waals surface area contributed by atoms with Crippen LogP contribution in [-0.2, 0) is 0 Å². The third kappa shape index (κ3) is 3.70. The topological polar surface area (TPSA) is 48.1 Å². The second-order valence-corrected chi connectivity index (χ2v) is 7.37. The average molecular weight is 292 g/mol. The first-order valence-electron chi connectivity index (χ1n) is 7.16. The largest absolute Gasteiger partial charge is 0.494 e. The molecule has 2 rings (SSSR count). The first-order valence-corrected chi connectivity index (χ1v) is 7.98. The maximum Gasteiger partial charge on any atom is 0.120 e. The van der Waals surface area contributed by atoms with E-state index in [-0.39, 0.29) is 5.41 Å². The molecule has 0 aliphatic heterocycles. The number of nitrogens with two attached hydrogens (primary N) is 1. The highest BCUT2D eigenvalue weighted by Crippen LogP contribution is 2.35. The Bertz CT molecular complexity index is 571.